The zero-order valence-corrected chi connectivity index (χ0v) is 11.5. The molecule has 2 aliphatic rings. The van der Waals surface area contributed by atoms with Crippen LogP contribution in [0.15, 0.2) is 24.3 Å². The molecule has 0 aliphatic carbocycles. The van der Waals surface area contributed by atoms with E-state index in [1.807, 2.05) is 4.90 Å². The first-order valence-corrected chi connectivity index (χ1v) is 7.08. The Hall–Kier alpha value is -1.56. The van der Waals surface area contributed by atoms with Crippen LogP contribution >= 0.6 is 0 Å². The number of nitrogens with one attached hydrogen (secondary N) is 1. The minimum Gasteiger partial charge on any atom is -0.342 e. The van der Waals surface area contributed by atoms with Gasteiger partial charge >= 0.3 is 6.18 Å². The number of carbonyl (C=O) groups is 1. The number of fused-ring (bicyclic) bond motifs is 1. The number of hydrogen-bond acceptors (Lipinski definition) is 2. The number of alkyl halides is 3. The predicted molar refractivity (Wildman–Crippen MR) is 71.6 cm³/mol. The van der Waals surface area contributed by atoms with Crippen LogP contribution in [0.4, 0.5) is 13.2 Å². The van der Waals surface area contributed by atoms with Gasteiger partial charge in [-0.2, -0.15) is 13.2 Å². The van der Waals surface area contributed by atoms with Crippen molar-refractivity contribution in [1.82, 2.24) is 10.2 Å². The number of carbonyl (C=O) groups excluding carboxylic acids is 1. The maximum atomic E-state index is 12.5. The third-order valence-corrected chi connectivity index (χ3v) is 4.38. The van der Waals surface area contributed by atoms with E-state index in [1.54, 1.807) is 0 Å². The van der Waals surface area contributed by atoms with Crippen molar-refractivity contribution in [3.05, 3.63) is 35.4 Å². The van der Waals surface area contributed by atoms with E-state index in [2.05, 4.69) is 5.32 Å². The molecule has 114 valence electrons. The highest BCUT2D eigenvalue weighted by Gasteiger charge is 2.37. The van der Waals surface area contributed by atoms with E-state index in [-0.39, 0.29) is 12.3 Å². The predicted octanol–water partition coefficient (Wildman–Crippen LogP) is 1.93. The topological polar surface area (TPSA) is 32.3 Å². The highest BCUT2D eigenvalue weighted by molar-refractivity contribution is 5.79. The van der Waals surface area contributed by atoms with E-state index in [0.717, 1.165) is 38.3 Å². The summed E-state index contributed by atoms with van der Waals surface area (Å²) >= 11 is 0. The fourth-order valence-electron chi connectivity index (χ4n) is 3.16. The summed E-state index contributed by atoms with van der Waals surface area (Å²) in [7, 11) is 0. The molecular weight excluding hydrogens is 281 g/mol. The minimum atomic E-state index is -4.33. The van der Waals surface area contributed by atoms with Crippen LogP contribution in [0.2, 0.25) is 0 Å². The zero-order chi connectivity index (χ0) is 15.0. The number of halogens is 3. The van der Waals surface area contributed by atoms with Crippen LogP contribution in [-0.4, -0.2) is 37.0 Å². The highest BCUT2D eigenvalue weighted by atomic mass is 19.4. The van der Waals surface area contributed by atoms with Crippen molar-refractivity contribution in [3.63, 3.8) is 0 Å². The summed E-state index contributed by atoms with van der Waals surface area (Å²) in [5, 5.41) is 3.31. The van der Waals surface area contributed by atoms with E-state index in [0.29, 0.717) is 17.4 Å². The summed E-state index contributed by atoms with van der Waals surface area (Å²) in [6.07, 6.45) is -4.16. The summed E-state index contributed by atoms with van der Waals surface area (Å²) in [4.78, 5) is 14.1. The Morgan fingerprint density at radius 1 is 1.14 bits per heavy atom. The number of benzene rings is 1. The molecule has 2 fully saturated rings. The van der Waals surface area contributed by atoms with Crippen molar-refractivity contribution in [2.45, 2.75) is 12.6 Å². The molecule has 2 unspecified atom stereocenters. The highest BCUT2D eigenvalue weighted by Crippen LogP contribution is 2.30. The Bertz CT molecular complexity index is 515. The van der Waals surface area contributed by atoms with E-state index in [9.17, 15) is 18.0 Å². The average Bonchev–Trinajstić information content (AvgIpc) is 2.98. The molecule has 21 heavy (non-hydrogen) atoms. The molecular formula is C15H17F3N2O. The van der Waals surface area contributed by atoms with Gasteiger partial charge in [-0.1, -0.05) is 12.1 Å². The molecule has 0 aromatic heterocycles. The van der Waals surface area contributed by atoms with Crippen molar-refractivity contribution in [2.75, 3.05) is 26.2 Å². The first kappa shape index (κ1) is 14.4. The Kier molecular flexibility index (Phi) is 3.65. The third-order valence-electron chi connectivity index (χ3n) is 4.38. The summed E-state index contributed by atoms with van der Waals surface area (Å²) < 4.78 is 37.4. The van der Waals surface area contributed by atoms with E-state index in [1.165, 1.54) is 12.1 Å². The van der Waals surface area contributed by atoms with Gasteiger partial charge in [0.15, 0.2) is 0 Å². The summed E-state index contributed by atoms with van der Waals surface area (Å²) in [5.74, 6) is 1.06. The van der Waals surface area contributed by atoms with Gasteiger partial charge in [0.25, 0.3) is 0 Å². The Labute approximate surface area is 121 Å². The molecule has 1 aromatic rings. The first-order valence-electron chi connectivity index (χ1n) is 7.08. The average molecular weight is 298 g/mol. The van der Waals surface area contributed by atoms with Crippen LogP contribution < -0.4 is 5.32 Å². The SMILES string of the molecule is O=C(Cc1ccc(C(F)(F)F)cc1)N1CC2CNCC2C1. The van der Waals surface area contributed by atoms with Gasteiger partial charge in [0, 0.05) is 26.2 Å². The lowest BCUT2D eigenvalue weighted by Gasteiger charge is -2.17. The maximum absolute atomic E-state index is 12.5. The molecule has 2 heterocycles. The van der Waals surface area contributed by atoms with Crippen LogP contribution in [0.5, 0.6) is 0 Å². The van der Waals surface area contributed by atoms with Crippen LogP contribution in [0, 0.1) is 11.8 Å². The monoisotopic (exact) mass is 298 g/mol. The van der Waals surface area contributed by atoms with Crippen LogP contribution in [0.3, 0.4) is 0 Å². The Balaban J connectivity index is 1.60. The van der Waals surface area contributed by atoms with Gasteiger partial charge in [0.2, 0.25) is 5.91 Å². The third kappa shape index (κ3) is 3.05. The first-order chi connectivity index (χ1) is 9.93. The van der Waals surface area contributed by atoms with Gasteiger partial charge in [-0.25, -0.2) is 0 Å². The smallest absolute Gasteiger partial charge is 0.342 e. The molecule has 1 amide bonds. The summed E-state index contributed by atoms with van der Waals surface area (Å²) in [5.41, 5.74) is -0.0522. The van der Waals surface area contributed by atoms with Gasteiger partial charge in [-0.05, 0) is 29.5 Å². The second-order valence-electron chi connectivity index (χ2n) is 5.85. The fourth-order valence-corrected chi connectivity index (χ4v) is 3.16. The molecule has 2 atom stereocenters. The van der Waals surface area contributed by atoms with Crippen LogP contribution in [0.1, 0.15) is 11.1 Å². The second kappa shape index (κ2) is 5.33. The number of rotatable bonds is 2. The fraction of sp³-hybridized carbons (Fsp3) is 0.533. The molecule has 2 saturated heterocycles. The standard InChI is InChI=1S/C15H17F3N2O/c16-15(17,18)13-3-1-10(2-4-13)5-14(21)20-8-11-6-19-7-12(11)9-20/h1-4,11-12,19H,5-9H2. The van der Waals surface area contributed by atoms with Gasteiger partial charge in [-0.15, -0.1) is 0 Å². The van der Waals surface area contributed by atoms with E-state index >= 15 is 0 Å². The Morgan fingerprint density at radius 2 is 1.71 bits per heavy atom. The quantitative estimate of drug-likeness (QED) is 0.905. The Morgan fingerprint density at radius 3 is 2.24 bits per heavy atom. The minimum absolute atomic E-state index is 0.00385. The molecule has 0 saturated carbocycles. The largest absolute Gasteiger partial charge is 0.416 e. The molecule has 2 aliphatic heterocycles. The van der Waals surface area contributed by atoms with Crippen molar-refractivity contribution in [3.8, 4) is 0 Å². The second-order valence-corrected chi connectivity index (χ2v) is 5.85. The zero-order valence-electron chi connectivity index (χ0n) is 11.5. The van der Waals surface area contributed by atoms with Crippen molar-refractivity contribution in [2.24, 2.45) is 11.8 Å². The van der Waals surface area contributed by atoms with Crippen molar-refractivity contribution >= 4 is 5.91 Å². The molecule has 3 rings (SSSR count). The molecule has 0 spiro atoms. The van der Waals surface area contributed by atoms with Crippen molar-refractivity contribution < 1.29 is 18.0 Å². The van der Waals surface area contributed by atoms with Gasteiger partial charge < -0.3 is 10.2 Å². The van der Waals surface area contributed by atoms with Gasteiger partial charge in [0.05, 0.1) is 12.0 Å². The molecule has 0 radical (unpaired) electrons. The lowest BCUT2D eigenvalue weighted by atomic mass is 10.0. The lowest BCUT2D eigenvalue weighted by Crippen LogP contribution is -2.32. The van der Waals surface area contributed by atoms with Gasteiger partial charge in [-0.3, -0.25) is 4.79 Å². The molecule has 1 aromatic carbocycles. The molecule has 1 N–H and O–H groups in total. The van der Waals surface area contributed by atoms with Crippen LogP contribution in [-0.2, 0) is 17.4 Å². The summed E-state index contributed by atoms with van der Waals surface area (Å²) in [6, 6.07) is 4.84. The van der Waals surface area contributed by atoms with Gasteiger partial charge in [0.1, 0.15) is 0 Å². The lowest BCUT2D eigenvalue weighted by molar-refractivity contribution is -0.137. The molecule has 6 heteroatoms. The summed E-state index contributed by atoms with van der Waals surface area (Å²) in [6.45, 7) is 3.43. The van der Waals surface area contributed by atoms with E-state index < -0.39 is 11.7 Å². The normalized spacial score (nSPS) is 25.2. The molecule has 3 nitrogen and oxygen atoms in total. The molecule has 0 bridgehead atoms. The van der Waals surface area contributed by atoms with Crippen LogP contribution in [0.25, 0.3) is 0 Å². The number of likely N-dealkylation sites (tertiary alicyclic amines) is 1. The maximum Gasteiger partial charge on any atom is 0.416 e. The number of nitrogens with zero attached hydrogens (tertiary/aromatic N) is 1. The van der Waals surface area contributed by atoms with Crippen molar-refractivity contribution in [1.29, 1.82) is 0 Å². The van der Waals surface area contributed by atoms with E-state index in [4.69, 9.17) is 0 Å². The number of hydrogen-bond donors (Lipinski definition) is 1. The number of amides is 1.